The number of piperazine rings is 1. The Labute approximate surface area is 185 Å². The van der Waals surface area contributed by atoms with Crippen molar-refractivity contribution in [2.75, 3.05) is 37.6 Å². The van der Waals surface area contributed by atoms with Gasteiger partial charge in [0.15, 0.2) is 0 Å². The summed E-state index contributed by atoms with van der Waals surface area (Å²) in [6.07, 6.45) is 3.39. The molecule has 0 spiro atoms. The lowest BCUT2D eigenvalue weighted by Crippen LogP contribution is -2.47. The monoisotopic (exact) mass is 443 g/mol. The lowest BCUT2D eigenvalue weighted by atomic mass is 10.2. The van der Waals surface area contributed by atoms with E-state index in [1.54, 1.807) is 23.2 Å². The SMILES string of the molecule is CCN1CCN(c2nc3ccccn3c(=O)c2C=C2SC(=S)N(C(C)C)C2=O)CC1. The molecule has 0 atom stereocenters. The second kappa shape index (κ2) is 8.49. The van der Waals surface area contributed by atoms with E-state index in [1.807, 2.05) is 26.0 Å². The molecule has 158 valence electrons. The maximum absolute atomic E-state index is 13.4. The number of amides is 1. The average molecular weight is 444 g/mol. The average Bonchev–Trinajstić information content (AvgIpc) is 3.03. The van der Waals surface area contributed by atoms with Crippen molar-refractivity contribution in [2.45, 2.75) is 26.8 Å². The van der Waals surface area contributed by atoms with Gasteiger partial charge in [0.1, 0.15) is 15.8 Å². The molecule has 2 aromatic rings. The van der Waals surface area contributed by atoms with Crippen molar-refractivity contribution in [3.63, 3.8) is 0 Å². The third-order valence-corrected chi connectivity index (χ3v) is 6.81. The van der Waals surface area contributed by atoms with Crippen molar-refractivity contribution < 1.29 is 4.79 Å². The van der Waals surface area contributed by atoms with Crippen molar-refractivity contribution in [1.82, 2.24) is 19.2 Å². The zero-order valence-electron chi connectivity index (χ0n) is 17.4. The van der Waals surface area contributed by atoms with Crippen LogP contribution in [0.5, 0.6) is 0 Å². The topological polar surface area (TPSA) is 61.2 Å². The molecule has 9 heteroatoms. The summed E-state index contributed by atoms with van der Waals surface area (Å²) in [6, 6.07) is 5.47. The maximum Gasteiger partial charge on any atom is 0.267 e. The molecular formula is C21H25N5O2S2. The first-order valence-corrected chi connectivity index (χ1v) is 11.4. The summed E-state index contributed by atoms with van der Waals surface area (Å²) >= 11 is 6.64. The van der Waals surface area contributed by atoms with Crippen LogP contribution >= 0.6 is 24.0 Å². The number of anilines is 1. The molecule has 7 nitrogen and oxygen atoms in total. The van der Waals surface area contributed by atoms with Gasteiger partial charge in [-0.3, -0.25) is 18.9 Å². The standard InChI is InChI=1S/C21H25N5O2S2/c1-4-23-9-11-24(12-10-23)18-15(19(27)25-8-6-5-7-17(25)22-18)13-16-20(28)26(14(2)3)21(29)30-16/h5-8,13-14H,4,9-12H2,1-3H3. The molecule has 2 fully saturated rings. The number of carbonyl (C=O) groups is 1. The highest BCUT2D eigenvalue weighted by Crippen LogP contribution is 2.34. The van der Waals surface area contributed by atoms with Gasteiger partial charge in [-0.15, -0.1) is 0 Å². The number of thioether (sulfide) groups is 1. The van der Waals surface area contributed by atoms with E-state index in [2.05, 4.69) is 16.7 Å². The third-order valence-electron chi connectivity index (χ3n) is 5.48. The van der Waals surface area contributed by atoms with E-state index in [4.69, 9.17) is 17.2 Å². The van der Waals surface area contributed by atoms with Crippen molar-refractivity contribution in [2.24, 2.45) is 0 Å². The first-order valence-electron chi connectivity index (χ1n) is 10.2. The minimum atomic E-state index is -0.177. The second-order valence-electron chi connectivity index (χ2n) is 7.65. The Balaban J connectivity index is 1.82. The van der Waals surface area contributed by atoms with Crippen LogP contribution < -0.4 is 10.5 Å². The van der Waals surface area contributed by atoms with Crippen LogP contribution in [-0.4, -0.2) is 68.2 Å². The Morgan fingerprint density at radius 1 is 1.20 bits per heavy atom. The quantitative estimate of drug-likeness (QED) is 0.531. The molecule has 0 bridgehead atoms. The van der Waals surface area contributed by atoms with Crippen LogP contribution in [0.3, 0.4) is 0 Å². The predicted octanol–water partition coefficient (Wildman–Crippen LogP) is 2.45. The van der Waals surface area contributed by atoms with E-state index >= 15 is 0 Å². The maximum atomic E-state index is 13.4. The fraction of sp³-hybridized carbons (Fsp3) is 0.429. The Bertz CT molecular complexity index is 1090. The third kappa shape index (κ3) is 3.77. The second-order valence-corrected chi connectivity index (χ2v) is 9.33. The van der Waals surface area contributed by atoms with Crippen molar-refractivity contribution >= 4 is 51.7 Å². The number of pyridine rings is 1. The van der Waals surface area contributed by atoms with Gasteiger partial charge >= 0.3 is 0 Å². The van der Waals surface area contributed by atoms with Crippen LogP contribution in [0.1, 0.15) is 26.3 Å². The Hall–Kier alpha value is -2.23. The molecule has 30 heavy (non-hydrogen) atoms. The number of carbonyl (C=O) groups excluding carboxylic acids is 1. The van der Waals surface area contributed by atoms with Gasteiger partial charge in [0.2, 0.25) is 0 Å². The van der Waals surface area contributed by atoms with Crippen LogP contribution in [0, 0.1) is 0 Å². The number of nitrogens with zero attached hydrogens (tertiary/aromatic N) is 5. The van der Waals surface area contributed by atoms with Crippen LogP contribution in [-0.2, 0) is 4.79 Å². The van der Waals surface area contributed by atoms with Crippen LogP contribution in [0.25, 0.3) is 11.7 Å². The minimum Gasteiger partial charge on any atom is -0.353 e. The minimum absolute atomic E-state index is 0.0270. The molecule has 2 aliphatic rings. The van der Waals surface area contributed by atoms with Crippen LogP contribution in [0.4, 0.5) is 5.82 Å². The molecule has 1 amide bonds. The molecule has 4 rings (SSSR count). The molecule has 0 radical (unpaired) electrons. The van der Waals surface area contributed by atoms with Gasteiger partial charge in [0.25, 0.3) is 11.5 Å². The normalized spacial score (nSPS) is 19.7. The number of rotatable bonds is 4. The van der Waals surface area contributed by atoms with E-state index in [0.29, 0.717) is 26.3 Å². The molecule has 0 saturated carbocycles. The summed E-state index contributed by atoms with van der Waals surface area (Å²) in [4.78, 5) is 37.7. The molecule has 0 aliphatic carbocycles. The summed E-state index contributed by atoms with van der Waals surface area (Å²) in [6.45, 7) is 10.4. The van der Waals surface area contributed by atoms with Crippen molar-refractivity contribution in [3.8, 4) is 0 Å². The first-order chi connectivity index (χ1) is 14.4. The Morgan fingerprint density at radius 2 is 1.93 bits per heavy atom. The number of likely N-dealkylation sites (N-methyl/N-ethyl adjacent to an activating group) is 1. The van der Waals surface area contributed by atoms with Crippen molar-refractivity contribution in [1.29, 1.82) is 0 Å². The number of hydrogen-bond donors (Lipinski definition) is 0. The zero-order valence-corrected chi connectivity index (χ0v) is 19.0. The van der Waals surface area contributed by atoms with Gasteiger partial charge in [0.05, 0.1) is 10.5 Å². The summed E-state index contributed by atoms with van der Waals surface area (Å²) in [5.41, 5.74) is 0.860. The molecule has 0 N–H and O–H groups in total. The number of fused-ring (bicyclic) bond motifs is 1. The molecule has 2 aliphatic heterocycles. The number of thiocarbonyl (C=S) groups is 1. The molecule has 2 saturated heterocycles. The Morgan fingerprint density at radius 3 is 2.57 bits per heavy atom. The van der Waals surface area contributed by atoms with Crippen molar-refractivity contribution in [3.05, 3.63) is 45.2 Å². The molecular weight excluding hydrogens is 418 g/mol. The fourth-order valence-corrected chi connectivity index (χ4v) is 5.30. The smallest absolute Gasteiger partial charge is 0.267 e. The highest BCUT2D eigenvalue weighted by molar-refractivity contribution is 8.26. The van der Waals surface area contributed by atoms with Gasteiger partial charge in [-0.05, 0) is 38.6 Å². The summed E-state index contributed by atoms with van der Waals surface area (Å²) < 4.78 is 2.05. The van der Waals surface area contributed by atoms with E-state index in [-0.39, 0.29) is 17.5 Å². The predicted molar refractivity (Wildman–Crippen MR) is 126 cm³/mol. The van der Waals surface area contributed by atoms with Crippen LogP contribution in [0.2, 0.25) is 0 Å². The van der Waals surface area contributed by atoms with Gasteiger partial charge in [-0.2, -0.15) is 0 Å². The summed E-state index contributed by atoms with van der Waals surface area (Å²) in [7, 11) is 0. The molecule has 0 unspecified atom stereocenters. The van der Waals surface area contributed by atoms with E-state index in [0.717, 1.165) is 32.7 Å². The summed E-state index contributed by atoms with van der Waals surface area (Å²) in [5, 5.41) is 0. The highest BCUT2D eigenvalue weighted by Gasteiger charge is 2.34. The molecule has 2 aromatic heterocycles. The van der Waals surface area contributed by atoms with E-state index in [9.17, 15) is 9.59 Å². The number of hydrogen-bond acceptors (Lipinski definition) is 7. The van der Waals surface area contributed by atoms with Gasteiger partial charge in [0, 0.05) is 38.4 Å². The highest BCUT2D eigenvalue weighted by atomic mass is 32.2. The lowest BCUT2D eigenvalue weighted by Gasteiger charge is -2.35. The van der Waals surface area contributed by atoms with E-state index < -0.39 is 0 Å². The fourth-order valence-electron chi connectivity index (χ4n) is 3.79. The van der Waals surface area contributed by atoms with Gasteiger partial charge < -0.3 is 9.80 Å². The Kier molecular flexibility index (Phi) is 5.95. The molecule has 4 heterocycles. The number of aromatic nitrogens is 2. The lowest BCUT2D eigenvalue weighted by molar-refractivity contribution is -0.123. The summed E-state index contributed by atoms with van der Waals surface area (Å²) in [5.74, 6) is 0.482. The molecule has 0 aromatic carbocycles. The van der Waals surface area contributed by atoms with Crippen LogP contribution in [0.15, 0.2) is 34.1 Å². The van der Waals surface area contributed by atoms with Gasteiger partial charge in [-0.25, -0.2) is 4.98 Å². The van der Waals surface area contributed by atoms with Gasteiger partial charge in [-0.1, -0.05) is 37.0 Å². The zero-order chi connectivity index (χ0) is 21.4. The van der Waals surface area contributed by atoms with E-state index in [1.165, 1.54) is 16.2 Å². The first kappa shape index (κ1) is 21.0. The largest absolute Gasteiger partial charge is 0.353 e.